The van der Waals surface area contributed by atoms with Gasteiger partial charge in [-0.2, -0.15) is 0 Å². The number of piperazine rings is 1. The number of aromatic nitrogens is 1. The number of carbonyl (C=O) groups is 1. The van der Waals surface area contributed by atoms with Crippen LogP contribution in [0.3, 0.4) is 0 Å². The van der Waals surface area contributed by atoms with Crippen molar-refractivity contribution in [3.63, 3.8) is 0 Å². The van der Waals surface area contributed by atoms with Gasteiger partial charge in [-0.1, -0.05) is 43.5 Å². The van der Waals surface area contributed by atoms with Crippen LogP contribution in [0.1, 0.15) is 54.9 Å². The number of amides is 1. The Morgan fingerprint density at radius 3 is 2.62 bits per heavy atom. The van der Waals surface area contributed by atoms with E-state index in [2.05, 4.69) is 34.7 Å². The molecule has 1 amide bonds. The van der Waals surface area contributed by atoms with Crippen molar-refractivity contribution < 1.29 is 4.79 Å². The zero-order valence-electron chi connectivity index (χ0n) is 19.8. The molecule has 0 spiro atoms. The van der Waals surface area contributed by atoms with E-state index in [4.69, 9.17) is 16.8 Å². The predicted molar refractivity (Wildman–Crippen MR) is 141 cm³/mol. The van der Waals surface area contributed by atoms with Crippen molar-refractivity contribution in [1.82, 2.24) is 19.6 Å². The van der Waals surface area contributed by atoms with Crippen molar-refractivity contribution >= 4 is 39.9 Å². The SMILES string of the molecule is C[C@H](NC(=O)c1c(CN2CCN(Cl)CC2)c(-c2cccs2)nc2ccccc12)C1CCCCC1. The quantitative estimate of drug-likeness (QED) is 0.429. The molecule has 2 fully saturated rings. The Bertz CT molecular complexity index is 1120. The number of thiophene rings is 1. The van der Waals surface area contributed by atoms with Gasteiger partial charge >= 0.3 is 0 Å². The summed E-state index contributed by atoms with van der Waals surface area (Å²) in [5, 5.41) is 6.41. The van der Waals surface area contributed by atoms with Crippen molar-refractivity contribution in [3.05, 3.63) is 52.9 Å². The third-order valence-corrected chi connectivity index (χ3v) is 8.60. The van der Waals surface area contributed by atoms with E-state index in [9.17, 15) is 4.79 Å². The van der Waals surface area contributed by atoms with Gasteiger partial charge < -0.3 is 5.32 Å². The number of carbonyl (C=O) groups excluding carboxylic acids is 1. The summed E-state index contributed by atoms with van der Waals surface area (Å²) < 4.78 is 1.84. The van der Waals surface area contributed by atoms with Crippen LogP contribution >= 0.6 is 23.1 Å². The molecular weight excluding hydrogens is 464 g/mol. The van der Waals surface area contributed by atoms with Crippen LogP contribution in [0.2, 0.25) is 0 Å². The van der Waals surface area contributed by atoms with E-state index in [0.29, 0.717) is 12.5 Å². The van der Waals surface area contributed by atoms with Crippen LogP contribution in [0, 0.1) is 5.92 Å². The Morgan fingerprint density at radius 1 is 1.12 bits per heavy atom. The smallest absolute Gasteiger partial charge is 0.252 e. The van der Waals surface area contributed by atoms with Crippen molar-refractivity contribution in [3.8, 4) is 10.6 Å². The van der Waals surface area contributed by atoms with Crippen LogP contribution in [0.4, 0.5) is 0 Å². The number of hydrogen-bond donors (Lipinski definition) is 1. The summed E-state index contributed by atoms with van der Waals surface area (Å²) in [7, 11) is 0. The topological polar surface area (TPSA) is 48.5 Å². The molecule has 0 unspecified atom stereocenters. The standard InChI is InChI=1S/C27H33ClN4OS/c1-19(20-8-3-2-4-9-20)29-27(33)25-21-10-5-6-11-23(21)30-26(24-12-7-17-34-24)22(25)18-31-13-15-32(28)16-14-31/h5-7,10-12,17,19-20H,2-4,8-9,13-16,18H2,1H3,(H,29,33)/t19-/m0/s1. The number of hydrogen-bond acceptors (Lipinski definition) is 5. The number of rotatable bonds is 6. The van der Waals surface area contributed by atoms with Crippen molar-refractivity contribution in [1.29, 1.82) is 0 Å². The molecular formula is C27H33ClN4OS. The molecule has 0 radical (unpaired) electrons. The minimum Gasteiger partial charge on any atom is -0.349 e. The highest BCUT2D eigenvalue weighted by Crippen LogP contribution is 2.34. The van der Waals surface area contributed by atoms with E-state index < -0.39 is 0 Å². The third kappa shape index (κ3) is 5.15. The lowest BCUT2D eigenvalue weighted by molar-refractivity contribution is 0.0918. The summed E-state index contributed by atoms with van der Waals surface area (Å²) in [5.41, 5.74) is 3.61. The van der Waals surface area contributed by atoms with Gasteiger partial charge in [0.2, 0.25) is 0 Å². The lowest BCUT2D eigenvalue weighted by Gasteiger charge is -2.32. The molecule has 1 aliphatic heterocycles. The van der Waals surface area contributed by atoms with Gasteiger partial charge in [0.1, 0.15) is 0 Å². The van der Waals surface area contributed by atoms with Crippen molar-refractivity contribution in [2.45, 2.75) is 51.6 Å². The average Bonchev–Trinajstić information content (AvgIpc) is 3.40. The van der Waals surface area contributed by atoms with Crippen LogP contribution in [0.5, 0.6) is 0 Å². The van der Waals surface area contributed by atoms with Crippen LogP contribution < -0.4 is 5.32 Å². The molecule has 5 rings (SSSR count). The maximum atomic E-state index is 14.0. The van der Waals surface area contributed by atoms with Gasteiger partial charge in [-0.25, -0.2) is 9.40 Å². The molecule has 1 N–H and O–H groups in total. The monoisotopic (exact) mass is 496 g/mol. The average molecular weight is 497 g/mol. The highest BCUT2D eigenvalue weighted by molar-refractivity contribution is 7.13. The molecule has 2 aromatic heterocycles. The number of halogens is 1. The maximum Gasteiger partial charge on any atom is 0.252 e. The normalized spacial score (nSPS) is 19.4. The van der Waals surface area contributed by atoms with E-state index in [1.807, 2.05) is 28.7 Å². The molecule has 1 aromatic carbocycles. The maximum absolute atomic E-state index is 14.0. The molecule has 5 nitrogen and oxygen atoms in total. The Kier molecular flexibility index (Phi) is 7.49. The minimum absolute atomic E-state index is 0.0282. The van der Waals surface area contributed by atoms with E-state index in [0.717, 1.165) is 58.8 Å². The summed E-state index contributed by atoms with van der Waals surface area (Å²) in [5.74, 6) is 0.586. The Morgan fingerprint density at radius 2 is 1.88 bits per heavy atom. The number of para-hydroxylation sites is 1. The first-order valence-electron chi connectivity index (χ1n) is 12.5. The molecule has 0 bridgehead atoms. The number of benzene rings is 1. The molecule has 180 valence electrons. The van der Waals surface area contributed by atoms with Crippen LogP contribution in [-0.2, 0) is 6.54 Å². The molecule has 7 heteroatoms. The van der Waals surface area contributed by atoms with Gasteiger partial charge in [0.25, 0.3) is 5.91 Å². The molecule has 1 saturated carbocycles. The van der Waals surface area contributed by atoms with Crippen LogP contribution in [0.25, 0.3) is 21.5 Å². The molecule has 2 aliphatic rings. The predicted octanol–water partition coefficient (Wildman–Crippen LogP) is 5.93. The van der Waals surface area contributed by atoms with Gasteiger partial charge in [0.05, 0.1) is 21.7 Å². The number of nitrogens with one attached hydrogen (secondary N) is 1. The molecule has 1 atom stereocenters. The van der Waals surface area contributed by atoms with E-state index >= 15 is 0 Å². The summed E-state index contributed by atoms with van der Waals surface area (Å²) >= 11 is 7.90. The molecule has 3 heterocycles. The zero-order valence-corrected chi connectivity index (χ0v) is 21.4. The Labute approximate surface area is 211 Å². The van der Waals surface area contributed by atoms with E-state index in [1.165, 1.54) is 32.1 Å². The van der Waals surface area contributed by atoms with Crippen molar-refractivity contribution in [2.75, 3.05) is 26.2 Å². The summed E-state index contributed by atoms with van der Waals surface area (Å²) in [6, 6.07) is 12.4. The van der Waals surface area contributed by atoms with Crippen LogP contribution in [0.15, 0.2) is 41.8 Å². The zero-order chi connectivity index (χ0) is 23.5. The fourth-order valence-corrected chi connectivity index (χ4v) is 6.31. The van der Waals surface area contributed by atoms with Gasteiger partial charge in [-0.15, -0.1) is 11.3 Å². The van der Waals surface area contributed by atoms with Crippen LogP contribution in [-0.4, -0.2) is 52.4 Å². The molecule has 1 aliphatic carbocycles. The first-order valence-corrected chi connectivity index (χ1v) is 13.7. The Hall–Kier alpha value is -1.99. The fraction of sp³-hybridized carbons (Fsp3) is 0.481. The largest absolute Gasteiger partial charge is 0.349 e. The lowest BCUT2D eigenvalue weighted by Crippen LogP contribution is -2.43. The first-order chi connectivity index (χ1) is 16.6. The van der Waals surface area contributed by atoms with E-state index in [-0.39, 0.29) is 11.9 Å². The lowest BCUT2D eigenvalue weighted by atomic mass is 9.84. The highest BCUT2D eigenvalue weighted by Gasteiger charge is 2.28. The highest BCUT2D eigenvalue weighted by atomic mass is 35.5. The molecule has 1 saturated heterocycles. The van der Waals surface area contributed by atoms with E-state index in [1.54, 1.807) is 11.3 Å². The first kappa shape index (κ1) is 23.7. The van der Waals surface area contributed by atoms with Crippen molar-refractivity contribution in [2.24, 2.45) is 5.92 Å². The van der Waals surface area contributed by atoms with Gasteiger partial charge in [0.15, 0.2) is 0 Å². The third-order valence-electron chi connectivity index (χ3n) is 7.39. The van der Waals surface area contributed by atoms with Gasteiger partial charge in [-0.3, -0.25) is 9.69 Å². The second-order valence-corrected chi connectivity index (χ2v) is 11.1. The summed E-state index contributed by atoms with van der Waals surface area (Å²) in [4.78, 5) is 22.5. The summed E-state index contributed by atoms with van der Waals surface area (Å²) in [6.07, 6.45) is 6.26. The Balaban J connectivity index is 1.56. The number of pyridine rings is 1. The molecule has 34 heavy (non-hydrogen) atoms. The minimum atomic E-state index is 0.0282. The second kappa shape index (κ2) is 10.7. The van der Waals surface area contributed by atoms with Gasteiger partial charge in [0, 0.05) is 49.7 Å². The second-order valence-electron chi connectivity index (χ2n) is 9.65. The fourth-order valence-electron chi connectivity index (χ4n) is 5.42. The summed E-state index contributed by atoms with van der Waals surface area (Å²) in [6.45, 7) is 6.25. The number of nitrogens with zero attached hydrogens (tertiary/aromatic N) is 3. The number of fused-ring (bicyclic) bond motifs is 1. The van der Waals surface area contributed by atoms with Gasteiger partial charge in [-0.05, 0) is 55.0 Å². The molecule has 3 aromatic rings.